The van der Waals surface area contributed by atoms with E-state index >= 15 is 0 Å². The van der Waals surface area contributed by atoms with Crippen LogP contribution in [-0.2, 0) is 11.2 Å². The Hall–Kier alpha value is -1.00. The van der Waals surface area contributed by atoms with Gasteiger partial charge in [-0.2, -0.15) is 12.6 Å². The molecule has 1 aromatic carbocycles. The largest absolute Gasteiger partial charge is 0.354 e. The van der Waals surface area contributed by atoms with Crippen molar-refractivity contribution in [2.45, 2.75) is 38.0 Å². The quantitative estimate of drug-likeness (QED) is 0.722. The van der Waals surface area contributed by atoms with E-state index < -0.39 is 0 Å². The molecule has 2 unspecified atom stereocenters. The van der Waals surface area contributed by atoms with Gasteiger partial charge in [0, 0.05) is 19.1 Å². The molecule has 0 bridgehead atoms. The average Bonchev–Trinajstić information content (AvgIpc) is 2.47. The van der Waals surface area contributed by atoms with Crippen molar-refractivity contribution in [3.8, 4) is 0 Å². The minimum Gasteiger partial charge on any atom is -0.354 e. The van der Waals surface area contributed by atoms with Crippen LogP contribution in [0.5, 0.6) is 0 Å². The lowest BCUT2D eigenvalue weighted by Gasteiger charge is -2.23. The fourth-order valence-electron chi connectivity index (χ4n) is 1.94. The summed E-state index contributed by atoms with van der Waals surface area (Å²) in [6, 6.07) is 10.5. The molecule has 0 heterocycles. The summed E-state index contributed by atoms with van der Waals surface area (Å²) in [6.45, 7) is 5.90. The summed E-state index contributed by atoms with van der Waals surface area (Å²) in [5, 5.41) is 2.67. The summed E-state index contributed by atoms with van der Waals surface area (Å²) in [4.78, 5) is 14.2. The minimum atomic E-state index is -0.286. The lowest BCUT2D eigenvalue weighted by molar-refractivity contribution is -0.120. The first-order valence-electron chi connectivity index (χ1n) is 7.24. The lowest BCUT2D eigenvalue weighted by Crippen LogP contribution is -2.40. The van der Waals surface area contributed by atoms with Crippen molar-refractivity contribution in [1.29, 1.82) is 0 Å². The molecule has 3 nitrogen and oxygen atoms in total. The van der Waals surface area contributed by atoms with Crippen LogP contribution in [0.3, 0.4) is 0 Å². The van der Waals surface area contributed by atoms with Crippen LogP contribution in [0.1, 0.15) is 25.8 Å². The van der Waals surface area contributed by atoms with Crippen LogP contribution < -0.4 is 5.32 Å². The second-order valence-electron chi connectivity index (χ2n) is 5.23. The van der Waals surface area contributed by atoms with Gasteiger partial charge in [-0.05, 0) is 32.4 Å². The third-order valence-electron chi connectivity index (χ3n) is 3.68. The zero-order valence-electron chi connectivity index (χ0n) is 12.7. The molecule has 1 N–H and O–H groups in total. The summed E-state index contributed by atoms with van der Waals surface area (Å²) < 4.78 is 0. The molecule has 20 heavy (non-hydrogen) atoms. The van der Waals surface area contributed by atoms with Crippen molar-refractivity contribution in [3.63, 3.8) is 0 Å². The number of carbonyl (C=O) groups excluding carboxylic acids is 1. The number of hydrogen-bond acceptors (Lipinski definition) is 3. The summed E-state index contributed by atoms with van der Waals surface area (Å²) in [5.41, 5.74) is 1.14. The third-order valence-corrected chi connectivity index (χ3v) is 4.10. The van der Waals surface area contributed by atoms with Gasteiger partial charge in [0.1, 0.15) is 0 Å². The molecule has 2 atom stereocenters. The van der Waals surface area contributed by atoms with Crippen LogP contribution in [0.15, 0.2) is 30.3 Å². The number of nitrogens with one attached hydrogen (secondary N) is 1. The van der Waals surface area contributed by atoms with Crippen molar-refractivity contribution in [3.05, 3.63) is 35.9 Å². The Kier molecular flexibility index (Phi) is 7.70. The molecule has 1 aromatic rings. The van der Waals surface area contributed by atoms with E-state index in [2.05, 4.69) is 43.7 Å². The van der Waals surface area contributed by atoms with E-state index in [-0.39, 0.29) is 11.2 Å². The number of amides is 1. The Balaban J connectivity index is 2.28. The summed E-state index contributed by atoms with van der Waals surface area (Å²) in [6.07, 6.45) is 1.78. The van der Waals surface area contributed by atoms with Crippen molar-refractivity contribution in [2.75, 3.05) is 20.1 Å². The second-order valence-corrected chi connectivity index (χ2v) is 5.86. The average molecular weight is 294 g/mol. The highest BCUT2D eigenvalue weighted by Crippen LogP contribution is 2.07. The number of rotatable bonds is 8. The zero-order valence-corrected chi connectivity index (χ0v) is 13.6. The maximum absolute atomic E-state index is 12.0. The van der Waals surface area contributed by atoms with Crippen molar-refractivity contribution in [1.82, 2.24) is 10.2 Å². The number of benzene rings is 1. The van der Waals surface area contributed by atoms with E-state index in [0.717, 1.165) is 18.5 Å². The highest BCUT2D eigenvalue weighted by atomic mass is 32.1. The first kappa shape index (κ1) is 17.1. The maximum atomic E-state index is 12.0. The molecule has 0 fully saturated rings. The highest BCUT2D eigenvalue weighted by Gasteiger charge is 2.14. The van der Waals surface area contributed by atoms with Crippen LogP contribution in [0.4, 0.5) is 0 Å². The normalized spacial score (nSPS) is 14.1. The monoisotopic (exact) mass is 294 g/mol. The van der Waals surface area contributed by atoms with E-state index in [1.807, 2.05) is 30.3 Å². The van der Waals surface area contributed by atoms with Crippen molar-refractivity contribution >= 4 is 18.5 Å². The molecule has 0 aliphatic carbocycles. The molecule has 1 rings (SSSR count). The first-order chi connectivity index (χ1) is 9.54. The second kappa shape index (κ2) is 9.03. The Morgan fingerprint density at radius 3 is 2.60 bits per heavy atom. The van der Waals surface area contributed by atoms with Gasteiger partial charge in [-0.15, -0.1) is 0 Å². The van der Waals surface area contributed by atoms with Gasteiger partial charge in [0.05, 0.1) is 5.25 Å². The minimum absolute atomic E-state index is 0.00902. The van der Waals surface area contributed by atoms with Crippen LogP contribution >= 0.6 is 12.6 Å². The van der Waals surface area contributed by atoms with Crippen LogP contribution in [-0.4, -0.2) is 42.2 Å². The van der Waals surface area contributed by atoms with Crippen molar-refractivity contribution in [2.24, 2.45) is 0 Å². The smallest absolute Gasteiger partial charge is 0.233 e. The Labute approximate surface area is 128 Å². The zero-order chi connectivity index (χ0) is 15.0. The number of hydrogen-bond donors (Lipinski definition) is 2. The summed E-state index contributed by atoms with van der Waals surface area (Å²) in [5.74, 6) is 0.00902. The number of likely N-dealkylation sites (N-methyl/N-ethyl adjacent to an activating group) is 1. The molecule has 0 aromatic heterocycles. The van der Waals surface area contributed by atoms with Gasteiger partial charge in [0.15, 0.2) is 0 Å². The van der Waals surface area contributed by atoms with Gasteiger partial charge in [0.2, 0.25) is 5.91 Å². The molecule has 112 valence electrons. The van der Waals surface area contributed by atoms with E-state index in [1.165, 1.54) is 0 Å². The molecular weight excluding hydrogens is 268 g/mol. The molecule has 0 radical (unpaired) electrons. The Bertz CT molecular complexity index is 397. The van der Waals surface area contributed by atoms with Gasteiger partial charge in [-0.3, -0.25) is 4.79 Å². The topological polar surface area (TPSA) is 32.3 Å². The van der Waals surface area contributed by atoms with Crippen LogP contribution in [0.25, 0.3) is 0 Å². The van der Waals surface area contributed by atoms with E-state index in [1.54, 1.807) is 0 Å². The van der Waals surface area contributed by atoms with Gasteiger partial charge < -0.3 is 10.2 Å². The third kappa shape index (κ3) is 5.97. The Morgan fingerprint density at radius 1 is 1.35 bits per heavy atom. The molecule has 4 heteroatoms. The lowest BCUT2D eigenvalue weighted by atomic mass is 10.1. The molecule has 0 aliphatic heterocycles. The van der Waals surface area contributed by atoms with E-state index in [9.17, 15) is 4.79 Å². The fourth-order valence-corrected chi connectivity index (χ4v) is 2.24. The molecule has 1 amide bonds. The number of thiol groups is 1. The predicted molar refractivity (Wildman–Crippen MR) is 88.3 cm³/mol. The van der Waals surface area contributed by atoms with E-state index in [0.29, 0.717) is 19.0 Å². The summed E-state index contributed by atoms with van der Waals surface area (Å²) >= 11 is 4.39. The molecule has 0 spiro atoms. The van der Waals surface area contributed by atoms with Gasteiger partial charge in [-0.1, -0.05) is 37.3 Å². The standard InChI is InChI=1S/C16H26N2OS/c1-4-13(2)18(3)11-10-17-16(19)15(20)12-14-8-6-5-7-9-14/h5-9,13,15,20H,4,10-12H2,1-3H3,(H,17,19). The van der Waals surface area contributed by atoms with Crippen LogP contribution in [0.2, 0.25) is 0 Å². The summed E-state index contributed by atoms with van der Waals surface area (Å²) in [7, 11) is 2.09. The van der Waals surface area contributed by atoms with Gasteiger partial charge in [-0.25, -0.2) is 0 Å². The number of carbonyl (C=O) groups is 1. The van der Waals surface area contributed by atoms with Crippen molar-refractivity contribution < 1.29 is 4.79 Å². The van der Waals surface area contributed by atoms with Gasteiger partial charge >= 0.3 is 0 Å². The molecule has 0 saturated carbocycles. The predicted octanol–water partition coefficient (Wildman–Crippen LogP) is 2.37. The molecular formula is C16H26N2OS. The number of nitrogens with zero attached hydrogens (tertiary/aromatic N) is 1. The maximum Gasteiger partial charge on any atom is 0.233 e. The van der Waals surface area contributed by atoms with Crippen LogP contribution in [0, 0.1) is 0 Å². The Morgan fingerprint density at radius 2 is 2.00 bits per heavy atom. The van der Waals surface area contributed by atoms with E-state index in [4.69, 9.17) is 0 Å². The first-order valence-corrected chi connectivity index (χ1v) is 7.76. The molecule has 0 aliphatic rings. The van der Waals surface area contributed by atoms with Gasteiger partial charge in [0.25, 0.3) is 0 Å². The SMILES string of the molecule is CCC(C)N(C)CCNC(=O)C(S)Cc1ccccc1. The fraction of sp³-hybridized carbons (Fsp3) is 0.562. The molecule has 0 saturated heterocycles. The highest BCUT2D eigenvalue weighted by molar-refractivity contribution is 7.81.